The van der Waals surface area contributed by atoms with E-state index in [1.807, 2.05) is 30.6 Å². The average molecular weight is 486 g/mol. The van der Waals surface area contributed by atoms with Crippen LogP contribution in [0.15, 0.2) is 60.9 Å². The van der Waals surface area contributed by atoms with E-state index in [4.69, 9.17) is 0 Å². The van der Waals surface area contributed by atoms with E-state index in [1.165, 1.54) is 68.1 Å². The second-order valence-corrected chi connectivity index (χ2v) is 9.90. The number of hydrogen-bond donors (Lipinski definition) is 1. The third kappa shape index (κ3) is 10.3. The van der Waals surface area contributed by atoms with Crippen LogP contribution in [0.3, 0.4) is 0 Å². The molecule has 0 aliphatic carbocycles. The van der Waals surface area contributed by atoms with Gasteiger partial charge in [-0.1, -0.05) is 70.4 Å². The first-order valence-corrected chi connectivity index (χ1v) is 13.9. The highest BCUT2D eigenvalue weighted by atomic mass is 16.1. The predicted molar refractivity (Wildman–Crippen MR) is 151 cm³/mol. The van der Waals surface area contributed by atoms with Crippen molar-refractivity contribution in [2.45, 2.75) is 97.3 Å². The molecule has 0 unspecified atom stereocenters. The topological polar surface area (TPSA) is 54.9 Å². The Balaban J connectivity index is 1.15. The highest BCUT2D eigenvalue weighted by molar-refractivity contribution is 5.90. The van der Waals surface area contributed by atoms with Crippen molar-refractivity contribution in [3.63, 3.8) is 0 Å². The molecule has 36 heavy (non-hydrogen) atoms. The SMILES string of the molecule is CCc1ccc(NC(=O)CCCCCCCCCCCCc2ccnc(-c3cc(C)ccn3)c2)cc1. The molecular weight excluding hydrogens is 442 g/mol. The molecule has 0 spiro atoms. The van der Waals surface area contributed by atoms with Gasteiger partial charge in [-0.2, -0.15) is 0 Å². The van der Waals surface area contributed by atoms with E-state index in [0.29, 0.717) is 6.42 Å². The number of aryl methyl sites for hydroxylation is 3. The smallest absolute Gasteiger partial charge is 0.224 e. The third-order valence-corrected chi connectivity index (χ3v) is 6.77. The fourth-order valence-corrected chi connectivity index (χ4v) is 4.52. The van der Waals surface area contributed by atoms with Crippen molar-refractivity contribution in [3.8, 4) is 11.4 Å². The molecule has 2 aromatic heterocycles. The molecule has 0 atom stereocenters. The second kappa shape index (κ2) is 15.9. The van der Waals surface area contributed by atoms with Crippen LogP contribution in [0, 0.1) is 6.92 Å². The molecule has 0 aliphatic rings. The number of benzene rings is 1. The fourth-order valence-electron chi connectivity index (χ4n) is 4.52. The number of carbonyl (C=O) groups excluding carboxylic acids is 1. The largest absolute Gasteiger partial charge is 0.326 e. The van der Waals surface area contributed by atoms with Crippen molar-refractivity contribution in [2.24, 2.45) is 0 Å². The Morgan fingerprint density at radius 3 is 1.92 bits per heavy atom. The van der Waals surface area contributed by atoms with Gasteiger partial charge in [-0.15, -0.1) is 0 Å². The van der Waals surface area contributed by atoms with Crippen LogP contribution in [0.25, 0.3) is 11.4 Å². The van der Waals surface area contributed by atoms with Crippen LogP contribution in [0.1, 0.15) is 94.2 Å². The quantitative estimate of drug-likeness (QED) is 0.207. The molecule has 0 fully saturated rings. The first-order valence-electron chi connectivity index (χ1n) is 13.9. The van der Waals surface area contributed by atoms with Gasteiger partial charge in [0.25, 0.3) is 0 Å². The Bertz CT molecular complexity index is 1050. The Labute approximate surface area is 218 Å². The molecule has 3 aromatic rings. The van der Waals surface area contributed by atoms with Gasteiger partial charge < -0.3 is 5.32 Å². The molecule has 2 heterocycles. The van der Waals surface area contributed by atoms with E-state index in [0.717, 1.165) is 42.8 Å². The second-order valence-electron chi connectivity index (χ2n) is 9.90. The van der Waals surface area contributed by atoms with Gasteiger partial charge in [-0.25, -0.2) is 0 Å². The number of hydrogen-bond acceptors (Lipinski definition) is 3. The van der Waals surface area contributed by atoms with E-state index in [9.17, 15) is 4.79 Å². The number of pyridine rings is 2. The number of anilines is 1. The molecule has 3 rings (SSSR count). The lowest BCUT2D eigenvalue weighted by atomic mass is 10.0. The van der Waals surface area contributed by atoms with E-state index in [-0.39, 0.29) is 5.91 Å². The highest BCUT2D eigenvalue weighted by Gasteiger charge is 2.04. The molecule has 4 nitrogen and oxygen atoms in total. The number of carbonyl (C=O) groups is 1. The lowest BCUT2D eigenvalue weighted by molar-refractivity contribution is -0.116. The highest BCUT2D eigenvalue weighted by Crippen LogP contribution is 2.18. The Hall–Kier alpha value is -3.01. The van der Waals surface area contributed by atoms with E-state index < -0.39 is 0 Å². The molecule has 1 aromatic carbocycles. The van der Waals surface area contributed by atoms with Gasteiger partial charge in [0, 0.05) is 24.5 Å². The van der Waals surface area contributed by atoms with Crippen LogP contribution in [0.5, 0.6) is 0 Å². The maximum absolute atomic E-state index is 12.1. The normalized spacial score (nSPS) is 10.9. The number of rotatable bonds is 16. The predicted octanol–water partition coefficient (Wildman–Crippen LogP) is 8.49. The zero-order valence-corrected chi connectivity index (χ0v) is 22.3. The summed E-state index contributed by atoms with van der Waals surface area (Å²) >= 11 is 0. The summed E-state index contributed by atoms with van der Waals surface area (Å²) in [6.07, 6.45) is 19.0. The van der Waals surface area contributed by atoms with Crippen molar-refractivity contribution in [3.05, 3.63) is 77.6 Å². The van der Waals surface area contributed by atoms with Crippen LogP contribution in [0.2, 0.25) is 0 Å². The molecule has 0 saturated heterocycles. The van der Waals surface area contributed by atoms with Crippen molar-refractivity contribution < 1.29 is 4.79 Å². The van der Waals surface area contributed by atoms with Crippen molar-refractivity contribution in [2.75, 3.05) is 5.32 Å². The number of unbranched alkanes of at least 4 members (excludes halogenated alkanes) is 9. The van der Waals surface area contributed by atoms with Crippen LogP contribution >= 0.6 is 0 Å². The summed E-state index contributed by atoms with van der Waals surface area (Å²) in [6, 6.07) is 16.6. The Kier molecular flexibility index (Phi) is 12.2. The van der Waals surface area contributed by atoms with E-state index in [1.54, 1.807) is 0 Å². The molecule has 1 N–H and O–H groups in total. The van der Waals surface area contributed by atoms with Gasteiger partial charge in [0.15, 0.2) is 0 Å². The molecule has 192 valence electrons. The first-order chi connectivity index (χ1) is 17.6. The maximum Gasteiger partial charge on any atom is 0.224 e. The maximum atomic E-state index is 12.1. The Morgan fingerprint density at radius 1 is 0.694 bits per heavy atom. The summed E-state index contributed by atoms with van der Waals surface area (Å²) in [5.41, 5.74) is 6.69. The lowest BCUT2D eigenvalue weighted by Gasteiger charge is -2.06. The van der Waals surface area contributed by atoms with E-state index in [2.05, 4.69) is 59.5 Å². The molecular formula is C32H43N3O. The summed E-state index contributed by atoms with van der Waals surface area (Å²) in [5, 5.41) is 3.01. The zero-order chi connectivity index (χ0) is 25.4. The Morgan fingerprint density at radius 2 is 1.28 bits per heavy atom. The monoisotopic (exact) mass is 485 g/mol. The zero-order valence-electron chi connectivity index (χ0n) is 22.3. The molecule has 1 amide bonds. The molecule has 0 radical (unpaired) electrons. The molecule has 4 heteroatoms. The van der Waals surface area contributed by atoms with Crippen molar-refractivity contribution in [1.82, 2.24) is 9.97 Å². The standard InChI is InChI=1S/C32H43N3O/c1-3-27-16-18-29(19-17-27)35-32(36)15-13-11-9-7-5-4-6-8-10-12-14-28-21-23-34-31(25-28)30-24-26(2)20-22-33-30/h16-25H,3-15H2,1-2H3,(H,35,36). The minimum Gasteiger partial charge on any atom is -0.326 e. The fraction of sp³-hybridized carbons (Fsp3) is 0.469. The number of amides is 1. The molecule has 0 saturated carbocycles. The van der Waals surface area contributed by atoms with Crippen molar-refractivity contribution in [1.29, 1.82) is 0 Å². The molecule has 0 bridgehead atoms. The van der Waals surface area contributed by atoms with Gasteiger partial charge >= 0.3 is 0 Å². The van der Waals surface area contributed by atoms with Gasteiger partial charge in [-0.05, 0) is 85.7 Å². The van der Waals surface area contributed by atoms with Gasteiger partial charge in [0.2, 0.25) is 5.91 Å². The van der Waals surface area contributed by atoms with E-state index >= 15 is 0 Å². The summed E-state index contributed by atoms with van der Waals surface area (Å²) in [5.74, 6) is 0.133. The third-order valence-electron chi connectivity index (χ3n) is 6.77. The number of nitrogens with zero attached hydrogens (tertiary/aromatic N) is 2. The summed E-state index contributed by atoms with van der Waals surface area (Å²) in [7, 11) is 0. The van der Waals surface area contributed by atoms with Gasteiger partial charge in [0.1, 0.15) is 0 Å². The van der Waals surface area contributed by atoms with Gasteiger partial charge in [0.05, 0.1) is 11.4 Å². The summed E-state index contributed by atoms with van der Waals surface area (Å²) < 4.78 is 0. The van der Waals surface area contributed by atoms with Crippen LogP contribution in [0.4, 0.5) is 5.69 Å². The number of aromatic nitrogens is 2. The van der Waals surface area contributed by atoms with Crippen LogP contribution in [-0.2, 0) is 17.6 Å². The number of nitrogens with one attached hydrogen (secondary N) is 1. The first kappa shape index (κ1) is 27.6. The lowest BCUT2D eigenvalue weighted by Crippen LogP contribution is -2.10. The van der Waals surface area contributed by atoms with Crippen molar-refractivity contribution >= 4 is 11.6 Å². The summed E-state index contributed by atoms with van der Waals surface area (Å²) in [4.78, 5) is 21.1. The summed E-state index contributed by atoms with van der Waals surface area (Å²) in [6.45, 7) is 4.23. The average Bonchev–Trinajstić information content (AvgIpc) is 2.90. The van der Waals surface area contributed by atoms with Gasteiger partial charge in [-0.3, -0.25) is 14.8 Å². The van der Waals surface area contributed by atoms with Crippen LogP contribution in [-0.4, -0.2) is 15.9 Å². The molecule has 0 aliphatic heterocycles. The minimum atomic E-state index is 0.133. The van der Waals surface area contributed by atoms with Crippen LogP contribution < -0.4 is 5.32 Å². The minimum absolute atomic E-state index is 0.133.